The molecule has 2 N–H and O–H groups in total. The Balaban J connectivity index is 1.80. The second-order valence-corrected chi connectivity index (χ2v) is 6.88. The maximum atomic E-state index is 6.11. The molecule has 16 heavy (non-hydrogen) atoms. The number of rotatable bonds is 2. The largest absolute Gasteiger partial charge is 0.372 e. The number of morpholine rings is 1. The summed E-state index contributed by atoms with van der Waals surface area (Å²) in [6.07, 6.45) is 4.74. The van der Waals surface area contributed by atoms with E-state index in [0.717, 1.165) is 19.6 Å². The number of nitrogens with two attached hydrogens (primary N) is 1. The summed E-state index contributed by atoms with van der Waals surface area (Å²) in [6, 6.07) is 0. The Hall–Kier alpha value is 0.230. The molecule has 3 heterocycles. The predicted octanol–water partition coefficient (Wildman–Crippen LogP) is 1.07. The third-order valence-electron chi connectivity index (χ3n) is 4.69. The molecular formula is C12H22N2OS. The van der Waals surface area contributed by atoms with Crippen LogP contribution in [0.5, 0.6) is 0 Å². The Morgan fingerprint density at radius 3 is 2.56 bits per heavy atom. The molecule has 3 rings (SSSR count). The summed E-state index contributed by atoms with van der Waals surface area (Å²) in [5.74, 6) is 1.27. The molecule has 3 aliphatic rings. The van der Waals surface area contributed by atoms with Crippen LogP contribution in [0.4, 0.5) is 0 Å². The number of likely N-dealkylation sites (tertiary alicyclic amines) is 1. The molecule has 4 unspecified atom stereocenters. The van der Waals surface area contributed by atoms with Gasteiger partial charge >= 0.3 is 0 Å². The first-order valence-electron chi connectivity index (χ1n) is 6.47. The van der Waals surface area contributed by atoms with Crippen LogP contribution < -0.4 is 5.73 Å². The van der Waals surface area contributed by atoms with Crippen molar-refractivity contribution in [2.75, 3.05) is 25.4 Å². The molecule has 4 heteroatoms. The first kappa shape index (κ1) is 11.3. The average molecular weight is 242 g/mol. The minimum absolute atomic E-state index is 0.259. The second-order valence-electron chi connectivity index (χ2n) is 5.43. The van der Waals surface area contributed by atoms with Gasteiger partial charge in [0.1, 0.15) is 0 Å². The number of hydrogen-bond donors (Lipinski definition) is 1. The number of hydrogen-bond acceptors (Lipinski definition) is 4. The van der Waals surface area contributed by atoms with Crippen LogP contribution in [-0.4, -0.2) is 53.3 Å². The van der Waals surface area contributed by atoms with Crippen LogP contribution >= 0.6 is 11.8 Å². The standard InChI is InChI=1S/C12H22N2OS/c1-9-12(8-13,4-5-16-9)14-6-10-2-3-11(7-14)15-10/h9-11H,2-8,13H2,1H3. The van der Waals surface area contributed by atoms with E-state index >= 15 is 0 Å². The lowest BCUT2D eigenvalue weighted by molar-refractivity contribution is -0.0755. The lowest BCUT2D eigenvalue weighted by atomic mass is 9.89. The summed E-state index contributed by atoms with van der Waals surface area (Å²) >= 11 is 2.08. The number of thioether (sulfide) groups is 1. The molecule has 0 aliphatic carbocycles. The minimum atomic E-state index is 0.259. The fourth-order valence-electron chi connectivity index (χ4n) is 3.56. The van der Waals surface area contributed by atoms with Gasteiger partial charge in [-0.2, -0.15) is 11.8 Å². The van der Waals surface area contributed by atoms with E-state index in [2.05, 4.69) is 23.6 Å². The summed E-state index contributed by atoms with van der Waals surface area (Å²) in [5, 5.41) is 0.676. The number of nitrogens with zero attached hydrogens (tertiary/aromatic N) is 1. The number of ether oxygens (including phenoxy) is 1. The molecule has 0 amide bonds. The first-order valence-corrected chi connectivity index (χ1v) is 7.51. The van der Waals surface area contributed by atoms with E-state index in [1.54, 1.807) is 0 Å². The smallest absolute Gasteiger partial charge is 0.0707 e. The van der Waals surface area contributed by atoms with Gasteiger partial charge in [-0.3, -0.25) is 4.90 Å². The molecule has 0 spiro atoms. The van der Waals surface area contributed by atoms with Crippen LogP contribution in [0.1, 0.15) is 26.2 Å². The fourth-order valence-corrected chi connectivity index (χ4v) is 5.06. The average Bonchev–Trinajstić information content (AvgIpc) is 2.83. The van der Waals surface area contributed by atoms with E-state index < -0.39 is 0 Å². The summed E-state index contributed by atoms with van der Waals surface area (Å²) in [4.78, 5) is 2.66. The monoisotopic (exact) mass is 242 g/mol. The van der Waals surface area contributed by atoms with E-state index in [-0.39, 0.29) is 5.54 Å². The van der Waals surface area contributed by atoms with Crippen LogP contribution in [0, 0.1) is 0 Å². The van der Waals surface area contributed by atoms with Gasteiger partial charge in [-0.1, -0.05) is 6.92 Å². The van der Waals surface area contributed by atoms with Gasteiger partial charge < -0.3 is 10.5 Å². The summed E-state index contributed by atoms with van der Waals surface area (Å²) in [7, 11) is 0. The second kappa shape index (κ2) is 4.16. The molecule has 0 aromatic heterocycles. The topological polar surface area (TPSA) is 38.5 Å². The molecule has 3 aliphatic heterocycles. The van der Waals surface area contributed by atoms with Crippen molar-refractivity contribution in [3.63, 3.8) is 0 Å². The highest BCUT2D eigenvalue weighted by molar-refractivity contribution is 8.00. The van der Waals surface area contributed by atoms with E-state index in [1.165, 1.54) is 25.0 Å². The summed E-state index contributed by atoms with van der Waals surface area (Å²) < 4.78 is 5.92. The summed E-state index contributed by atoms with van der Waals surface area (Å²) in [6.45, 7) is 5.37. The van der Waals surface area contributed by atoms with Crippen molar-refractivity contribution in [3.05, 3.63) is 0 Å². The molecule has 2 bridgehead atoms. The zero-order valence-electron chi connectivity index (χ0n) is 10.0. The summed E-state index contributed by atoms with van der Waals surface area (Å²) in [5.41, 5.74) is 6.36. The van der Waals surface area contributed by atoms with E-state index in [0.29, 0.717) is 17.5 Å². The van der Waals surface area contributed by atoms with Crippen molar-refractivity contribution in [1.82, 2.24) is 4.90 Å². The number of fused-ring (bicyclic) bond motifs is 2. The molecule has 0 aromatic rings. The Morgan fingerprint density at radius 2 is 2.06 bits per heavy atom. The van der Waals surface area contributed by atoms with Gasteiger partial charge in [-0.25, -0.2) is 0 Å². The Labute approximate surface area is 102 Å². The predicted molar refractivity (Wildman–Crippen MR) is 67.8 cm³/mol. The normalized spacial score (nSPS) is 48.8. The van der Waals surface area contributed by atoms with Gasteiger partial charge in [0.2, 0.25) is 0 Å². The highest BCUT2D eigenvalue weighted by Gasteiger charge is 2.48. The van der Waals surface area contributed by atoms with Gasteiger partial charge in [-0.05, 0) is 25.0 Å². The lowest BCUT2D eigenvalue weighted by Crippen LogP contribution is -2.62. The molecule has 3 nitrogen and oxygen atoms in total. The van der Waals surface area contributed by atoms with E-state index in [4.69, 9.17) is 10.5 Å². The van der Waals surface area contributed by atoms with Crippen LogP contribution in [0.3, 0.4) is 0 Å². The van der Waals surface area contributed by atoms with Crippen LogP contribution in [-0.2, 0) is 4.74 Å². The first-order chi connectivity index (χ1) is 7.74. The Bertz CT molecular complexity index is 264. The molecule has 0 aromatic carbocycles. The van der Waals surface area contributed by atoms with Crippen molar-refractivity contribution in [1.29, 1.82) is 0 Å². The van der Waals surface area contributed by atoms with Gasteiger partial charge in [-0.15, -0.1) is 0 Å². The van der Waals surface area contributed by atoms with Gasteiger partial charge in [0.05, 0.1) is 12.2 Å². The minimum Gasteiger partial charge on any atom is -0.372 e. The van der Waals surface area contributed by atoms with E-state index in [9.17, 15) is 0 Å². The fraction of sp³-hybridized carbons (Fsp3) is 1.00. The molecule has 3 fully saturated rings. The van der Waals surface area contributed by atoms with Gasteiger partial charge in [0.25, 0.3) is 0 Å². The van der Waals surface area contributed by atoms with Crippen molar-refractivity contribution in [2.45, 2.75) is 49.2 Å². The highest BCUT2D eigenvalue weighted by atomic mass is 32.2. The Kier molecular flexibility index (Phi) is 2.94. The molecular weight excluding hydrogens is 220 g/mol. The Morgan fingerprint density at radius 1 is 1.38 bits per heavy atom. The highest BCUT2D eigenvalue weighted by Crippen LogP contribution is 2.42. The molecule has 3 saturated heterocycles. The quantitative estimate of drug-likeness (QED) is 0.786. The van der Waals surface area contributed by atoms with Crippen molar-refractivity contribution in [3.8, 4) is 0 Å². The maximum Gasteiger partial charge on any atom is 0.0707 e. The molecule has 0 saturated carbocycles. The maximum absolute atomic E-state index is 6.11. The van der Waals surface area contributed by atoms with Crippen molar-refractivity contribution in [2.24, 2.45) is 5.73 Å². The zero-order chi connectivity index (χ0) is 11.2. The van der Waals surface area contributed by atoms with Crippen LogP contribution in [0.15, 0.2) is 0 Å². The van der Waals surface area contributed by atoms with Gasteiger partial charge in [0, 0.05) is 30.4 Å². The van der Waals surface area contributed by atoms with E-state index in [1.807, 2.05) is 0 Å². The SMILES string of the molecule is CC1SCCC1(CN)N1CC2CCC(C1)O2. The van der Waals surface area contributed by atoms with Gasteiger partial charge in [0.15, 0.2) is 0 Å². The molecule has 4 atom stereocenters. The third-order valence-corrected chi connectivity index (χ3v) is 6.06. The molecule has 0 radical (unpaired) electrons. The van der Waals surface area contributed by atoms with Crippen molar-refractivity contribution < 1.29 is 4.74 Å². The lowest BCUT2D eigenvalue weighted by Gasteiger charge is -2.47. The third kappa shape index (κ3) is 1.62. The van der Waals surface area contributed by atoms with Crippen molar-refractivity contribution >= 4 is 11.8 Å². The van der Waals surface area contributed by atoms with Crippen LogP contribution in [0.2, 0.25) is 0 Å². The molecule has 92 valence electrons. The van der Waals surface area contributed by atoms with Crippen LogP contribution in [0.25, 0.3) is 0 Å². The zero-order valence-corrected chi connectivity index (χ0v) is 10.8.